The van der Waals surface area contributed by atoms with Gasteiger partial charge in [0.2, 0.25) is 6.10 Å². The quantitative estimate of drug-likeness (QED) is 0.497. The second-order valence-corrected chi connectivity index (χ2v) is 7.85. The minimum atomic E-state index is -1.39. The molecule has 3 N–H and O–H groups in total. The zero-order valence-electron chi connectivity index (χ0n) is 17.6. The molecule has 8 nitrogen and oxygen atoms in total. The van der Waals surface area contributed by atoms with Gasteiger partial charge < -0.3 is 25.2 Å². The van der Waals surface area contributed by atoms with Crippen LogP contribution in [0.2, 0.25) is 0 Å². The number of benzene rings is 1. The van der Waals surface area contributed by atoms with Crippen LogP contribution in [0.1, 0.15) is 25.7 Å². The standard InChI is InChI=1S/C21H31N3O5.2ClH/c25-20(26)15-19(21(27)28)29-18-3-1-17(2-4-18)24-13-11-23(12-14-24)10-7-16-5-8-22-9-6-16;;/h1-4,16,19,22H,5-15H2,(H,25,26)(H,27,28);2*1H. The maximum atomic E-state index is 11.1. The molecule has 0 aromatic heterocycles. The highest BCUT2D eigenvalue weighted by Crippen LogP contribution is 2.23. The first kappa shape index (κ1) is 27.3. The highest BCUT2D eigenvalue weighted by molar-refractivity contribution is 5.85. The molecule has 1 unspecified atom stereocenters. The maximum Gasteiger partial charge on any atom is 0.345 e. The van der Waals surface area contributed by atoms with E-state index >= 15 is 0 Å². The first-order valence-corrected chi connectivity index (χ1v) is 10.4. The van der Waals surface area contributed by atoms with Crippen molar-refractivity contribution >= 4 is 42.4 Å². The summed E-state index contributed by atoms with van der Waals surface area (Å²) in [4.78, 5) is 26.8. The van der Waals surface area contributed by atoms with Crippen LogP contribution in [0.25, 0.3) is 0 Å². The molecule has 0 saturated carbocycles. The van der Waals surface area contributed by atoms with Gasteiger partial charge in [0.15, 0.2) is 0 Å². The normalized spacial score (nSPS) is 18.4. The van der Waals surface area contributed by atoms with Gasteiger partial charge in [0.25, 0.3) is 0 Å². The number of hydrogen-bond acceptors (Lipinski definition) is 6. The first-order valence-electron chi connectivity index (χ1n) is 10.4. The molecule has 3 rings (SSSR count). The minimum Gasteiger partial charge on any atom is -0.481 e. The summed E-state index contributed by atoms with van der Waals surface area (Å²) in [7, 11) is 0. The van der Waals surface area contributed by atoms with E-state index < -0.39 is 24.5 Å². The molecule has 1 aromatic carbocycles. The molecule has 1 atom stereocenters. The highest BCUT2D eigenvalue weighted by Gasteiger charge is 2.23. The summed E-state index contributed by atoms with van der Waals surface area (Å²) in [5.41, 5.74) is 1.07. The number of carboxylic acid groups (broad SMARTS) is 2. The predicted molar refractivity (Wildman–Crippen MR) is 124 cm³/mol. The van der Waals surface area contributed by atoms with Crippen LogP contribution in [-0.4, -0.2) is 79.0 Å². The van der Waals surface area contributed by atoms with E-state index in [0.29, 0.717) is 5.75 Å². The Labute approximate surface area is 195 Å². The average molecular weight is 478 g/mol. The van der Waals surface area contributed by atoms with Crippen LogP contribution in [0.4, 0.5) is 5.69 Å². The smallest absolute Gasteiger partial charge is 0.345 e. The zero-order chi connectivity index (χ0) is 20.6. The lowest BCUT2D eigenvalue weighted by Gasteiger charge is -2.37. The predicted octanol–water partition coefficient (Wildman–Crippen LogP) is 2.35. The third kappa shape index (κ3) is 8.73. The van der Waals surface area contributed by atoms with Crippen molar-refractivity contribution < 1.29 is 24.5 Å². The van der Waals surface area contributed by atoms with E-state index in [4.69, 9.17) is 14.9 Å². The summed E-state index contributed by atoms with van der Waals surface area (Å²) in [5, 5.41) is 21.3. The second-order valence-electron chi connectivity index (χ2n) is 7.85. The fourth-order valence-electron chi connectivity index (χ4n) is 4.00. The van der Waals surface area contributed by atoms with Crippen LogP contribution in [0, 0.1) is 5.92 Å². The van der Waals surface area contributed by atoms with E-state index in [2.05, 4.69) is 15.1 Å². The molecule has 2 fully saturated rings. The number of nitrogens with zero attached hydrogens (tertiary/aromatic N) is 2. The van der Waals surface area contributed by atoms with Gasteiger partial charge in [-0.05, 0) is 69.1 Å². The fraction of sp³-hybridized carbons (Fsp3) is 0.619. The van der Waals surface area contributed by atoms with Crippen LogP contribution in [0.3, 0.4) is 0 Å². The zero-order valence-corrected chi connectivity index (χ0v) is 19.2. The molecule has 2 aliphatic rings. The fourth-order valence-corrected chi connectivity index (χ4v) is 4.00. The first-order chi connectivity index (χ1) is 14.0. The lowest BCUT2D eigenvalue weighted by atomic mass is 9.94. The largest absolute Gasteiger partial charge is 0.481 e. The molecule has 31 heavy (non-hydrogen) atoms. The number of nitrogens with one attached hydrogen (secondary N) is 1. The molecule has 2 saturated heterocycles. The summed E-state index contributed by atoms with van der Waals surface area (Å²) in [6, 6.07) is 7.21. The number of hydrogen-bond donors (Lipinski definition) is 3. The van der Waals surface area contributed by atoms with Gasteiger partial charge in [0, 0.05) is 31.9 Å². The van der Waals surface area contributed by atoms with Crippen molar-refractivity contribution in [2.45, 2.75) is 31.8 Å². The van der Waals surface area contributed by atoms with Gasteiger partial charge in [-0.3, -0.25) is 9.69 Å². The molecule has 0 amide bonds. The average Bonchev–Trinajstić information content (AvgIpc) is 2.73. The van der Waals surface area contributed by atoms with Crippen molar-refractivity contribution in [1.82, 2.24) is 10.2 Å². The Morgan fingerprint density at radius 3 is 2.19 bits per heavy atom. The van der Waals surface area contributed by atoms with Gasteiger partial charge in [-0.2, -0.15) is 0 Å². The Morgan fingerprint density at radius 2 is 1.65 bits per heavy atom. The lowest BCUT2D eigenvalue weighted by molar-refractivity contribution is -0.151. The molecule has 176 valence electrons. The van der Waals surface area contributed by atoms with E-state index in [1.54, 1.807) is 12.1 Å². The van der Waals surface area contributed by atoms with Crippen molar-refractivity contribution in [2.24, 2.45) is 5.92 Å². The molecule has 1 aromatic rings. The van der Waals surface area contributed by atoms with Crippen LogP contribution in [0.15, 0.2) is 24.3 Å². The summed E-state index contributed by atoms with van der Waals surface area (Å²) >= 11 is 0. The van der Waals surface area contributed by atoms with Crippen LogP contribution in [-0.2, 0) is 9.59 Å². The van der Waals surface area contributed by atoms with Crippen LogP contribution in [0.5, 0.6) is 5.75 Å². The molecular weight excluding hydrogens is 445 g/mol. The Hall–Kier alpha value is -1.74. The Bertz CT molecular complexity index is 678. The molecule has 0 bridgehead atoms. The number of rotatable bonds is 9. The van der Waals surface area contributed by atoms with Crippen LogP contribution < -0.4 is 15.0 Å². The van der Waals surface area contributed by atoms with Crippen LogP contribution >= 0.6 is 24.8 Å². The van der Waals surface area contributed by atoms with Gasteiger partial charge in [-0.25, -0.2) is 4.79 Å². The Morgan fingerprint density at radius 1 is 1.03 bits per heavy atom. The van der Waals surface area contributed by atoms with Gasteiger partial charge in [0.1, 0.15) is 5.75 Å². The topological polar surface area (TPSA) is 102 Å². The number of anilines is 1. The van der Waals surface area contributed by atoms with Crippen molar-refractivity contribution in [2.75, 3.05) is 50.7 Å². The van der Waals surface area contributed by atoms with Gasteiger partial charge in [-0.1, -0.05) is 0 Å². The SMILES string of the molecule is Cl.Cl.O=C(O)CC(Oc1ccc(N2CCN(CCC3CCNCC3)CC2)cc1)C(=O)O. The third-order valence-corrected chi connectivity index (χ3v) is 5.80. The molecular formula is C21H33Cl2N3O5. The summed E-state index contributed by atoms with van der Waals surface area (Å²) in [5.74, 6) is -1.26. The van der Waals surface area contributed by atoms with Crippen molar-refractivity contribution in [3.05, 3.63) is 24.3 Å². The summed E-state index contributed by atoms with van der Waals surface area (Å²) in [6.45, 7) is 7.49. The molecule has 10 heteroatoms. The van der Waals surface area contributed by atoms with E-state index in [9.17, 15) is 9.59 Å². The summed E-state index contributed by atoms with van der Waals surface area (Å²) in [6.07, 6.45) is 1.92. The monoisotopic (exact) mass is 477 g/mol. The van der Waals surface area contributed by atoms with Crippen molar-refractivity contribution in [3.63, 3.8) is 0 Å². The van der Waals surface area contributed by atoms with E-state index in [-0.39, 0.29) is 24.8 Å². The van der Waals surface area contributed by atoms with Crippen molar-refractivity contribution in [3.8, 4) is 5.75 Å². The van der Waals surface area contributed by atoms with Gasteiger partial charge in [0.05, 0.1) is 6.42 Å². The molecule has 0 spiro atoms. The molecule has 0 aliphatic carbocycles. The number of carbonyl (C=O) groups is 2. The maximum absolute atomic E-state index is 11.1. The van der Waals surface area contributed by atoms with Gasteiger partial charge >= 0.3 is 11.9 Å². The molecule has 2 heterocycles. The Balaban J connectivity index is 0.00000240. The number of carboxylic acids is 2. The molecule has 2 aliphatic heterocycles. The lowest BCUT2D eigenvalue weighted by Crippen LogP contribution is -2.47. The van der Waals surface area contributed by atoms with E-state index in [0.717, 1.165) is 50.9 Å². The van der Waals surface area contributed by atoms with Crippen molar-refractivity contribution in [1.29, 1.82) is 0 Å². The number of piperazine rings is 1. The minimum absolute atomic E-state index is 0. The number of aliphatic carboxylic acids is 2. The second kappa shape index (κ2) is 13.6. The summed E-state index contributed by atoms with van der Waals surface area (Å²) < 4.78 is 5.32. The third-order valence-electron chi connectivity index (χ3n) is 5.80. The number of piperidine rings is 1. The number of ether oxygens (including phenoxy) is 1. The Kier molecular flexibility index (Phi) is 12.0. The van der Waals surface area contributed by atoms with Gasteiger partial charge in [-0.15, -0.1) is 24.8 Å². The van der Waals surface area contributed by atoms with E-state index in [1.165, 1.54) is 25.8 Å². The van der Waals surface area contributed by atoms with E-state index in [1.807, 2.05) is 12.1 Å². The number of halogens is 2. The highest BCUT2D eigenvalue weighted by atomic mass is 35.5. The molecule has 0 radical (unpaired) electrons.